The van der Waals surface area contributed by atoms with Gasteiger partial charge in [0.25, 0.3) is 5.91 Å². The van der Waals surface area contributed by atoms with Gasteiger partial charge in [0.2, 0.25) is 5.91 Å². The molecule has 0 radical (unpaired) electrons. The molecule has 1 saturated heterocycles. The van der Waals surface area contributed by atoms with E-state index in [1.165, 1.54) is 0 Å². The highest BCUT2D eigenvalue weighted by Gasteiger charge is 2.54. The summed E-state index contributed by atoms with van der Waals surface area (Å²) < 4.78 is 59.5. The van der Waals surface area contributed by atoms with Crippen molar-refractivity contribution in [3.05, 3.63) is 70.9 Å². The van der Waals surface area contributed by atoms with Crippen LogP contribution in [0.1, 0.15) is 46.4 Å². The predicted octanol–water partition coefficient (Wildman–Crippen LogP) is 5.59. The molecular weight excluding hydrogens is 528 g/mol. The first-order chi connectivity index (χ1) is 19.1. The number of ether oxygens (including phenoxy) is 1. The van der Waals surface area contributed by atoms with Gasteiger partial charge >= 0.3 is 6.18 Å². The average molecular weight is 555 g/mol. The molecule has 2 aromatic heterocycles. The van der Waals surface area contributed by atoms with E-state index in [0.717, 1.165) is 40.9 Å². The Bertz CT molecular complexity index is 1530. The summed E-state index contributed by atoms with van der Waals surface area (Å²) in [5.74, 6) is -1.75. The Morgan fingerprint density at radius 3 is 2.60 bits per heavy atom. The van der Waals surface area contributed by atoms with Crippen molar-refractivity contribution in [3.63, 3.8) is 0 Å². The number of hydrogen-bond donors (Lipinski definition) is 1. The van der Waals surface area contributed by atoms with Gasteiger partial charge in [-0.25, -0.2) is 14.4 Å². The standard InChI is InChI=1S/C29H26F4N4O3/c1-3-37-26-21(22-16-8-17(13-40-12-16)23(22)28(37)39)9-15(11-35-26)20-10-18(5-4-14(20)2)36-27(38)19-6-7-34-25(24(19)30)29(31,32)33/h4-7,9-11,16-17,22-23H,3,8,12-13H2,1-2H3,(H,36,38)/t16-,17-,22-,23-/m0/s1. The summed E-state index contributed by atoms with van der Waals surface area (Å²) in [7, 11) is 0. The molecular formula is C29H26F4N4O3. The van der Waals surface area contributed by atoms with Crippen molar-refractivity contribution in [2.24, 2.45) is 17.8 Å². The number of hydrogen-bond acceptors (Lipinski definition) is 5. The highest BCUT2D eigenvalue weighted by atomic mass is 19.4. The van der Waals surface area contributed by atoms with E-state index in [9.17, 15) is 27.2 Å². The lowest BCUT2D eigenvalue weighted by Crippen LogP contribution is -2.45. The molecule has 4 atom stereocenters. The summed E-state index contributed by atoms with van der Waals surface area (Å²) in [4.78, 5) is 35.7. The first kappa shape index (κ1) is 26.4. The van der Waals surface area contributed by atoms with Crippen molar-refractivity contribution in [3.8, 4) is 11.1 Å². The second-order valence-electron chi connectivity index (χ2n) is 10.6. The molecule has 1 saturated carbocycles. The number of alkyl halides is 3. The van der Waals surface area contributed by atoms with Gasteiger partial charge in [0, 0.05) is 36.1 Å². The molecule has 6 rings (SSSR count). The number of rotatable bonds is 4. The van der Waals surface area contributed by atoms with E-state index in [0.29, 0.717) is 25.6 Å². The minimum atomic E-state index is -5.03. The van der Waals surface area contributed by atoms with Gasteiger partial charge in [-0.2, -0.15) is 13.2 Å². The second kappa shape index (κ2) is 9.65. The van der Waals surface area contributed by atoms with Gasteiger partial charge < -0.3 is 10.1 Å². The average Bonchev–Trinajstić information content (AvgIpc) is 3.18. The summed E-state index contributed by atoms with van der Waals surface area (Å²) in [5, 5.41) is 2.50. The Morgan fingerprint density at radius 2 is 1.88 bits per heavy atom. The first-order valence-electron chi connectivity index (χ1n) is 13.1. The number of aromatic nitrogens is 2. The van der Waals surface area contributed by atoms with Crippen LogP contribution in [-0.2, 0) is 15.7 Å². The van der Waals surface area contributed by atoms with Crippen molar-refractivity contribution >= 4 is 23.3 Å². The fourth-order valence-corrected chi connectivity index (χ4v) is 6.49. The summed E-state index contributed by atoms with van der Waals surface area (Å²) in [6.07, 6.45) is -1.66. The van der Waals surface area contributed by atoms with Gasteiger partial charge in [0.1, 0.15) is 5.82 Å². The van der Waals surface area contributed by atoms with E-state index in [1.807, 2.05) is 19.9 Å². The quantitative estimate of drug-likeness (QED) is 0.425. The molecule has 2 aliphatic heterocycles. The van der Waals surface area contributed by atoms with E-state index in [-0.39, 0.29) is 35.3 Å². The molecule has 11 heteroatoms. The summed E-state index contributed by atoms with van der Waals surface area (Å²) >= 11 is 0. The van der Waals surface area contributed by atoms with E-state index < -0.39 is 29.2 Å². The Kier molecular flexibility index (Phi) is 6.36. The second-order valence-corrected chi connectivity index (χ2v) is 10.6. The van der Waals surface area contributed by atoms with Crippen molar-refractivity contribution in [2.75, 3.05) is 30.0 Å². The van der Waals surface area contributed by atoms with Crippen molar-refractivity contribution < 1.29 is 31.9 Å². The zero-order chi connectivity index (χ0) is 28.3. The summed E-state index contributed by atoms with van der Waals surface area (Å²) in [6, 6.07) is 7.98. The fraction of sp³-hybridized carbons (Fsp3) is 0.379. The number of carbonyl (C=O) groups is 2. The van der Waals surface area contributed by atoms with Gasteiger partial charge in [-0.05, 0) is 73.1 Å². The highest BCUT2D eigenvalue weighted by Crippen LogP contribution is 2.55. The molecule has 1 aliphatic carbocycles. The largest absolute Gasteiger partial charge is 0.436 e. The minimum absolute atomic E-state index is 0.00550. The van der Waals surface area contributed by atoms with Crippen LogP contribution in [0.4, 0.5) is 29.1 Å². The molecule has 208 valence electrons. The Morgan fingerprint density at radius 1 is 1.12 bits per heavy atom. The summed E-state index contributed by atoms with van der Waals surface area (Å²) in [5.41, 5.74) is 1.16. The number of aryl methyl sites for hydroxylation is 1. The van der Waals surface area contributed by atoms with Crippen LogP contribution in [0.2, 0.25) is 0 Å². The van der Waals surface area contributed by atoms with Crippen LogP contribution in [0.25, 0.3) is 11.1 Å². The maximum atomic E-state index is 14.5. The van der Waals surface area contributed by atoms with Gasteiger partial charge in [-0.1, -0.05) is 6.07 Å². The van der Waals surface area contributed by atoms with Gasteiger partial charge in [-0.15, -0.1) is 0 Å². The van der Waals surface area contributed by atoms with Crippen LogP contribution < -0.4 is 10.2 Å². The zero-order valence-corrected chi connectivity index (χ0v) is 21.8. The number of nitrogens with zero attached hydrogens (tertiary/aromatic N) is 3. The molecule has 0 unspecified atom stereocenters. The summed E-state index contributed by atoms with van der Waals surface area (Å²) in [6.45, 7) is 5.49. The monoisotopic (exact) mass is 554 g/mol. The van der Waals surface area contributed by atoms with Gasteiger partial charge in [0.15, 0.2) is 11.5 Å². The normalized spacial score (nSPS) is 23.6. The zero-order valence-electron chi connectivity index (χ0n) is 21.8. The van der Waals surface area contributed by atoms with E-state index in [1.54, 1.807) is 29.3 Å². The molecule has 40 heavy (non-hydrogen) atoms. The van der Waals surface area contributed by atoms with E-state index in [2.05, 4.69) is 10.3 Å². The lowest BCUT2D eigenvalue weighted by Gasteiger charge is -2.37. The van der Waals surface area contributed by atoms with Crippen LogP contribution in [0.3, 0.4) is 0 Å². The maximum absolute atomic E-state index is 14.5. The Labute approximate surface area is 227 Å². The predicted molar refractivity (Wildman–Crippen MR) is 138 cm³/mol. The van der Waals surface area contributed by atoms with Crippen LogP contribution in [0.5, 0.6) is 0 Å². The minimum Gasteiger partial charge on any atom is -0.381 e. The molecule has 7 nitrogen and oxygen atoms in total. The SMILES string of the molecule is CCN1C(=O)[C@H]2[C@@H]3COC[C@H](C3)[C@H]2c2cc(-c3cc(NC(=O)c4ccnc(C(F)(F)F)c4F)ccc3C)cnc21. The lowest BCUT2D eigenvalue weighted by molar-refractivity contribution is -0.143. The van der Waals surface area contributed by atoms with E-state index in [4.69, 9.17) is 9.72 Å². The third kappa shape index (κ3) is 4.23. The first-order valence-corrected chi connectivity index (χ1v) is 13.1. The number of halogens is 4. The molecule has 3 aromatic rings. The van der Waals surface area contributed by atoms with Crippen LogP contribution >= 0.6 is 0 Å². The number of carbonyl (C=O) groups excluding carboxylic acids is 2. The van der Waals surface area contributed by atoms with Crippen LogP contribution in [0, 0.1) is 30.5 Å². The van der Waals surface area contributed by atoms with Crippen LogP contribution in [0.15, 0.2) is 42.7 Å². The molecule has 2 amide bonds. The third-order valence-electron chi connectivity index (χ3n) is 8.26. The van der Waals surface area contributed by atoms with Crippen molar-refractivity contribution in [1.82, 2.24) is 9.97 Å². The van der Waals surface area contributed by atoms with Gasteiger partial charge in [0.05, 0.1) is 24.7 Å². The maximum Gasteiger partial charge on any atom is 0.436 e. The number of nitrogens with one attached hydrogen (secondary N) is 1. The van der Waals surface area contributed by atoms with Crippen molar-refractivity contribution in [1.29, 1.82) is 0 Å². The number of amides is 2. The fourth-order valence-electron chi connectivity index (χ4n) is 6.49. The lowest BCUT2D eigenvalue weighted by atomic mass is 9.78. The smallest absolute Gasteiger partial charge is 0.381 e. The Balaban J connectivity index is 1.35. The molecule has 4 heterocycles. The molecule has 2 fully saturated rings. The molecule has 2 bridgehead atoms. The topological polar surface area (TPSA) is 84.4 Å². The number of pyridine rings is 2. The molecule has 1 N–H and O–H groups in total. The molecule has 3 aliphatic rings. The van der Waals surface area contributed by atoms with Gasteiger partial charge in [-0.3, -0.25) is 14.5 Å². The number of fused-ring (bicyclic) bond motifs is 7. The Hall–Kier alpha value is -3.86. The molecule has 1 aromatic carbocycles. The highest BCUT2D eigenvalue weighted by molar-refractivity contribution is 6.05. The van der Waals surface area contributed by atoms with Crippen molar-refractivity contribution in [2.45, 2.75) is 32.4 Å². The van der Waals surface area contributed by atoms with Crippen LogP contribution in [-0.4, -0.2) is 41.5 Å². The van der Waals surface area contributed by atoms with E-state index >= 15 is 0 Å². The molecule has 0 spiro atoms. The number of anilines is 2. The number of benzene rings is 1. The third-order valence-corrected chi connectivity index (χ3v) is 8.26.